The maximum absolute atomic E-state index is 9.48. The number of nitrogens with zero attached hydrogens (tertiary/aromatic N) is 1. The second-order valence-electron chi connectivity index (χ2n) is 5.72. The molecule has 0 saturated heterocycles. The number of hydrogen-bond acceptors (Lipinski definition) is 4. The summed E-state index contributed by atoms with van der Waals surface area (Å²) >= 11 is 0. The van der Waals surface area contributed by atoms with E-state index < -0.39 is 0 Å². The van der Waals surface area contributed by atoms with Crippen molar-refractivity contribution in [2.45, 2.75) is 31.7 Å². The Morgan fingerprint density at radius 2 is 2.05 bits per heavy atom. The first-order chi connectivity index (χ1) is 9.67. The zero-order valence-electron chi connectivity index (χ0n) is 11.6. The molecule has 1 unspecified atom stereocenters. The molecule has 0 bridgehead atoms. The van der Waals surface area contributed by atoms with E-state index in [4.69, 9.17) is 10.9 Å². The van der Waals surface area contributed by atoms with Crippen molar-refractivity contribution in [2.75, 3.05) is 13.2 Å². The molecule has 0 aliphatic heterocycles. The number of amidine groups is 1. The van der Waals surface area contributed by atoms with Crippen LogP contribution in [0, 0.1) is 5.41 Å². The normalized spacial score (nSPS) is 18.8. The molecule has 5 N–H and O–H groups in total. The van der Waals surface area contributed by atoms with Gasteiger partial charge in [0.15, 0.2) is 0 Å². The number of oxime groups is 1. The van der Waals surface area contributed by atoms with Crippen molar-refractivity contribution in [3.63, 3.8) is 0 Å². The fourth-order valence-corrected chi connectivity index (χ4v) is 2.47. The third-order valence-corrected chi connectivity index (χ3v) is 3.95. The van der Waals surface area contributed by atoms with Crippen LogP contribution in [0.3, 0.4) is 0 Å². The molecule has 1 aliphatic rings. The number of aliphatic hydroxyl groups excluding tert-OH is 1. The molecule has 0 heterocycles. The molecule has 5 nitrogen and oxygen atoms in total. The summed E-state index contributed by atoms with van der Waals surface area (Å²) in [6.07, 6.45) is 3.58. The summed E-state index contributed by atoms with van der Waals surface area (Å²) in [5.74, 6) is 0.285. The van der Waals surface area contributed by atoms with E-state index in [1.165, 1.54) is 5.56 Å². The van der Waals surface area contributed by atoms with Gasteiger partial charge in [0.2, 0.25) is 0 Å². The number of nitrogens with one attached hydrogen (secondary N) is 1. The number of rotatable bonds is 8. The molecular weight excluding hydrogens is 254 g/mol. The Morgan fingerprint density at radius 1 is 1.35 bits per heavy atom. The molecule has 1 atom stereocenters. The summed E-state index contributed by atoms with van der Waals surface area (Å²) in [7, 11) is 0. The maximum atomic E-state index is 9.48. The molecule has 0 aromatic heterocycles. The molecule has 1 aromatic rings. The summed E-state index contributed by atoms with van der Waals surface area (Å²) in [6.45, 7) is 0.899. The summed E-state index contributed by atoms with van der Waals surface area (Å²) in [5, 5.41) is 24.6. The Balaban J connectivity index is 1.82. The zero-order valence-corrected chi connectivity index (χ0v) is 11.6. The van der Waals surface area contributed by atoms with Crippen molar-refractivity contribution in [3.05, 3.63) is 35.9 Å². The number of nitrogens with two attached hydrogens (primary N) is 1. The first kappa shape index (κ1) is 14.8. The molecule has 1 aliphatic carbocycles. The lowest BCUT2D eigenvalue weighted by Gasteiger charge is -2.21. The minimum Gasteiger partial charge on any atom is -0.409 e. The molecule has 2 rings (SSSR count). The lowest BCUT2D eigenvalue weighted by atomic mass is 10.00. The lowest BCUT2D eigenvalue weighted by molar-refractivity contribution is 0.234. The van der Waals surface area contributed by atoms with E-state index in [2.05, 4.69) is 22.6 Å². The molecule has 0 radical (unpaired) electrons. The van der Waals surface area contributed by atoms with Crippen LogP contribution in [-0.2, 0) is 6.42 Å². The molecule has 5 heteroatoms. The molecule has 0 spiro atoms. The highest BCUT2D eigenvalue weighted by Crippen LogP contribution is 2.48. The van der Waals surface area contributed by atoms with Crippen LogP contribution in [0.25, 0.3) is 0 Å². The van der Waals surface area contributed by atoms with Crippen LogP contribution >= 0.6 is 0 Å². The topological polar surface area (TPSA) is 90.9 Å². The number of aliphatic hydroxyl groups is 1. The van der Waals surface area contributed by atoms with E-state index in [9.17, 15) is 5.11 Å². The predicted molar refractivity (Wildman–Crippen MR) is 78.7 cm³/mol. The highest BCUT2D eigenvalue weighted by atomic mass is 16.4. The van der Waals surface area contributed by atoms with Gasteiger partial charge in [-0.05, 0) is 30.2 Å². The van der Waals surface area contributed by atoms with Crippen molar-refractivity contribution in [1.82, 2.24) is 5.32 Å². The van der Waals surface area contributed by atoms with E-state index in [-0.39, 0.29) is 23.9 Å². The molecule has 1 saturated carbocycles. The minimum atomic E-state index is 0.0437. The van der Waals surface area contributed by atoms with Crippen LogP contribution in [0.1, 0.15) is 24.8 Å². The van der Waals surface area contributed by atoms with Crippen LogP contribution in [0.4, 0.5) is 0 Å². The van der Waals surface area contributed by atoms with Crippen molar-refractivity contribution in [1.29, 1.82) is 0 Å². The number of hydrogen-bond donors (Lipinski definition) is 4. The molecular formula is C15H23N3O2. The molecule has 0 amide bonds. The predicted octanol–water partition coefficient (Wildman–Crippen LogP) is 1.10. The van der Waals surface area contributed by atoms with Crippen LogP contribution in [0.5, 0.6) is 0 Å². The van der Waals surface area contributed by atoms with Gasteiger partial charge in [-0.2, -0.15) is 0 Å². The maximum Gasteiger partial charge on any atom is 0.139 e. The van der Waals surface area contributed by atoms with Crippen LogP contribution in [0.2, 0.25) is 0 Å². The average Bonchev–Trinajstić information content (AvgIpc) is 3.24. The molecule has 1 fully saturated rings. The lowest BCUT2D eigenvalue weighted by Crippen LogP contribution is -2.39. The summed E-state index contributed by atoms with van der Waals surface area (Å²) in [6, 6.07) is 10.2. The van der Waals surface area contributed by atoms with Gasteiger partial charge in [-0.3, -0.25) is 0 Å². The zero-order chi connectivity index (χ0) is 14.4. The van der Waals surface area contributed by atoms with E-state index in [1.807, 2.05) is 18.2 Å². The van der Waals surface area contributed by atoms with Gasteiger partial charge in [-0.1, -0.05) is 35.5 Å². The van der Waals surface area contributed by atoms with Crippen molar-refractivity contribution in [2.24, 2.45) is 16.3 Å². The summed E-state index contributed by atoms with van der Waals surface area (Å²) in [4.78, 5) is 0. The van der Waals surface area contributed by atoms with Crippen LogP contribution in [-0.4, -0.2) is 35.3 Å². The number of benzene rings is 1. The van der Waals surface area contributed by atoms with Gasteiger partial charge in [0.25, 0.3) is 0 Å². The Morgan fingerprint density at radius 3 is 2.60 bits per heavy atom. The van der Waals surface area contributed by atoms with E-state index in [0.717, 1.165) is 25.8 Å². The first-order valence-electron chi connectivity index (χ1n) is 7.02. The highest BCUT2D eigenvalue weighted by Gasteiger charge is 2.43. The smallest absolute Gasteiger partial charge is 0.139 e. The van der Waals surface area contributed by atoms with Gasteiger partial charge >= 0.3 is 0 Å². The van der Waals surface area contributed by atoms with Gasteiger partial charge in [0, 0.05) is 19.0 Å². The Kier molecular flexibility index (Phi) is 4.98. The average molecular weight is 277 g/mol. The minimum absolute atomic E-state index is 0.0437. The first-order valence-corrected chi connectivity index (χ1v) is 7.02. The third kappa shape index (κ3) is 4.21. The van der Waals surface area contributed by atoms with Crippen molar-refractivity contribution in [3.8, 4) is 0 Å². The molecule has 20 heavy (non-hydrogen) atoms. The third-order valence-electron chi connectivity index (χ3n) is 3.95. The van der Waals surface area contributed by atoms with Gasteiger partial charge in [-0.25, -0.2) is 0 Å². The fourth-order valence-electron chi connectivity index (χ4n) is 2.47. The Labute approximate surface area is 119 Å². The summed E-state index contributed by atoms with van der Waals surface area (Å²) in [5.41, 5.74) is 6.90. The monoisotopic (exact) mass is 277 g/mol. The van der Waals surface area contributed by atoms with Gasteiger partial charge in [0.05, 0.1) is 6.61 Å². The fraction of sp³-hybridized carbons (Fsp3) is 0.533. The van der Waals surface area contributed by atoms with Crippen molar-refractivity contribution < 1.29 is 10.3 Å². The van der Waals surface area contributed by atoms with Gasteiger partial charge in [0.1, 0.15) is 5.84 Å². The Hall–Kier alpha value is -1.59. The SMILES string of the molecule is NC(CC1(CNC(CO)Cc2ccccc2)CC1)=NO. The van der Waals surface area contributed by atoms with Crippen LogP contribution in [0.15, 0.2) is 35.5 Å². The van der Waals surface area contributed by atoms with E-state index >= 15 is 0 Å². The van der Waals surface area contributed by atoms with E-state index in [0.29, 0.717) is 6.42 Å². The second-order valence-corrected chi connectivity index (χ2v) is 5.72. The van der Waals surface area contributed by atoms with Crippen molar-refractivity contribution >= 4 is 5.84 Å². The van der Waals surface area contributed by atoms with Gasteiger partial charge < -0.3 is 21.4 Å². The largest absolute Gasteiger partial charge is 0.409 e. The van der Waals surface area contributed by atoms with E-state index in [1.54, 1.807) is 0 Å². The highest BCUT2D eigenvalue weighted by molar-refractivity contribution is 5.80. The second kappa shape index (κ2) is 6.72. The van der Waals surface area contributed by atoms with Crippen LogP contribution < -0.4 is 11.1 Å². The Bertz CT molecular complexity index is 444. The molecule has 1 aromatic carbocycles. The summed E-state index contributed by atoms with van der Waals surface area (Å²) < 4.78 is 0. The standard InChI is InChI=1S/C15H23N3O2/c16-14(18-20)9-15(6-7-15)11-17-13(10-19)8-12-4-2-1-3-5-12/h1-5,13,17,19-20H,6-11H2,(H2,16,18). The quantitative estimate of drug-likeness (QED) is 0.248. The molecule has 110 valence electrons. The van der Waals surface area contributed by atoms with Gasteiger partial charge in [-0.15, -0.1) is 0 Å².